The zero-order valence-corrected chi connectivity index (χ0v) is 14.1. The number of thiophene rings is 1. The van der Waals surface area contributed by atoms with Gasteiger partial charge in [0.1, 0.15) is 11.0 Å². The molecule has 0 spiro atoms. The monoisotopic (exact) mass is 341 g/mol. The van der Waals surface area contributed by atoms with Crippen molar-refractivity contribution >= 4 is 33.1 Å². The van der Waals surface area contributed by atoms with Gasteiger partial charge in [-0.3, -0.25) is 0 Å². The van der Waals surface area contributed by atoms with Gasteiger partial charge in [0.15, 0.2) is 6.29 Å². The van der Waals surface area contributed by atoms with Crippen molar-refractivity contribution in [1.82, 2.24) is 0 Å². The van der Waals surface area contributed by atoms with E-state index >= 15 is 0 Å². The second-order valence-electron chi connectivity index (χ2n) is 3.93. The van der Waals surface area contributed by atoms with Crippen LogP contribution in [0, 0.1) is 6.92 Å². The highest BCUT2D eigenvalue weighted by Crippen LogP contribution is 2.33. The maximum absolute atomic E-state index is 11.2. The quantitative estimate of drug-likeness (QED) is 0.418. The smallest absolute Gasteiger partial charge is 0.247 e. The molecule has 116 valence electrons. The maximum Gasteiger partial charge on any atom is 0.247 e. The van der Waals surface area contributed by atoms with Gasteiger partial charge in [0.05, 0.1) is 10.8 Å². The second kappa shape index (κ2) is 8.32. The highest BCUT2D eigenvalue weighted by atomic mass is 32.3. The average Bonchev–Trinajstić information content (AvgIpc) is 2.74. The lowest BCUT2D eigenvalue weighted by Gasteiger charge is -2.10. The van der Waals surface area contributed by atoms with E-state index in [1.54, 1.807) is 20.1 Å². The van der Waals surface area contributed by atoms with Gasteiger partial charge in [-0.1, -0.05) is 0 Å². The molecule has 1 rings (SSSR count). The molecule has 0 saturated carbocycles. The zero-order valence-electron chi connectivity index (χ0n) is 11.6. The summed E-state index contributed by atoms with van der Waals surface area (Å²) in [5.74, 6) is 0.704. The molecule has 0 aromatic carbocycles. The molecule has 1 unspecified atom stereocenters. The Morgan fingerprint density at radius 1 is 1.50 bits per heavy atom. The molecule has 1 aromatic rings. The minimum absolute atomic E-state index is 0.168. The number of rotatable bonds is 9. The van der Waals surface area contributed by atoms with Crippen LogP contribution in [0.1, 0.15) is 12.5 Å². The number of thioether (sulfide) groups is 1. The van der Waals surface area contributed by atoms with Gasteiger partial charge in [-0.05, 0) is 25.5 Å². The van der Waals surface area contributed by atoms with Crippen molar-refractivity contribution in [2.75, 3.05) is 26.3 Å². The van der Waals surface area contributed by atoms with Crippen LogP contribution in [0.2, 0.25) is 0 Å². The number of hydrogen-bond donors (Lipinski definition) is 1. The van der Waals surface area contributed by atoms with E-state index in [1.165, 1.54) is 23.1 Å². The maximum atomic E-state index is 11.2. The number of ether oxygens (including phenoxy) is 3. The number of nitrogens with two attached hydrogens (primary N) is 1. The van der Waals surface area contributed by atoms with Gasteiger partial charge < -0.3 is 14.2 Å². The van der Waals surface area contributed by atoms with Crippen LogP contribution in [0.3, 0.4) is 0 Å². The van der Waals surface area contributed by atoms with E-state index in [2.05, 4.69) is 0 Å². The summed E-state index contributed by atoms with van der Waals surface area (Å²) in [6, 6.07) is 1.59. The molecular weight excluding hydrogens is 322 g/mol. The largest absolute Gasteiger partial charge is 0.356 e. The first-order chi connectivity index (χ1) is 9.34. The molecule has 1 atom stereocenters. The van der Waals surface area contributed by atoms with Gasteiger partial charge in [0.2, 0.25) is 10.0 Å². The Bertz CT molecular complexity index is 514. The summed E-state index contributed by atoms with van der Waals surface area (Å²) in [4.78, 5) is 0. The van der Waals surface area contributed by atoms with E-state index in [9.17, 15) is 8.42 Å². The van der Waals surface area contributed by atoms with Crippen LogP contribution < -0.4 is 5.14 Å². The van der Waals surface area contributed by atoms with E-state index in [-0.39, 0.29) is 17.3 Å². The number of aryl methyl sites for hydroxylation is 1. The van der Waals surface area contributed by atoms with Gasteiger partial charge in [0, 0.05) is 12.9 Å². The standard InChI is InChI=1S/C11H19NO5S3/c1-8-6-10(20(12,13)14)19-11(8)18-5-4-16-7-17-9(2)15-3/h6,9H,4-5,7H2,1-3H3,(H2,12,13,14). The van der Waals surface area contributed by atoms with E-state index in [0.717, 1.165) is 9.77 Å². The minimum atomic E-state index is -3.62. The van der Waals surface area contributed by atoms with Crippen LogP contribution in [0.4, 0.5) is 0 Å². The van der Waals surface area contributed by atoms with Gasteiger partial charge in [-0.25, -0.2) is 13.6 Å². The Kier molecular flexibility index (Phi) is 7.45. The number of primary sulfonamides is 1. The van der Waals surface area contributed by atoms with Gasteiger partial charge in [-0.15, -0.1) is 23.1 Å². The summed E-state index contributed by atoms with van der Waals surface area (Å²) in [5.41, 5.74) is 0.910. The summed E-state index contributed by atoms with van der Waals surface area (Å²) in [6.07, 6.45) is -0.292. The first kappa shape index (κ1) is 17.9. The first-order valence-corrected chi connectivity index (χ1v) is 9.17. The highest BCUT2D eigenvalue weighted by molar-refractivity contribution is 8.01. The third-order valence-electron chi connectivity index (χ3n) is 2.31. The van der Waals surface area contributed by atoms with Crippen molar-refractivity contribution in [3.8, 4) is 0 Å². The highest BCUT2D eigenvalue weighted by Gasteiger charge is 2.14. The van der Waals surface area contributed by atoms with Gasteiger partial charge in [-0.2, -0.15) is 0 Å². The molecule has 0 radical (unpaired) electrons. The van der Waals surface area contributed by atoms with Crippen molar-refractivity contribution in [2.45, 2.75) is 28.6 Å². The zero-order chi connectivity index (χ0) is 15.2. The van der Waals surface area contributed by atoms with Crippen LogP contribution in [0.15, 0.2) is 14.5 Å². The number of hydrogen-bond acceptors (Lipinski definition) is 7. The van der Waals surface area contributed by atoms with Crippen molar-refractivity contribution < 1.29 is 22.6 Å². The lowest BCUT2D eigenvalue weighted by molar-refractivity contribution is -0.172. The Hall–Kier alpha value is -0.160. The molecule has 0 aliphatic rings. The fraction of sp³-hybridized carbons (Fsp3) is 0.636. The SMILES string of the molecule is COC(C)OCOCCSc1sc(S(N)(=O)=O)cc1C. The Balaban J connectivity index is 2.31. The van der Waals surface area contributed by atoms with Gasteiger partial charge in [0.25, 0.3) is 0 Å². The molecule has 0 amide bonds. The molecule has 6 nitrogen and oxygen atoms in total. The van der Waals surface area contributed by atoms with E-state index in [4.69, 9.17) is 19.3 Å². The van der Waals surface area contributed by atoms with Crippen LogP contribution in [-0.4, -0.2) is 41.0 Å². The fourth-order valence-corrected chi connectivity index (χ4v) is 4.47. The summed E-state index contributed by atoms with van der Waals surface area (Å²) < 4.78 is 38.9. The predicted octanol–water partition coefficient (Wildman–Crippen LogP) is 1.78. The summed E-state index contributed by atoms with van der Waals surface area (Å²) >= 11 is 2.72. The summed E-state index contributed by atoms with van der Waals surface area (Å²) in [6.45, 7) is 4.31. The molecule has 2 N–H and O–H groups in total. The molecule has 0 aliphatic heterocycles. The fourth-order valence-electron chi connectivity index (χ4n) is 1.18. The molecule has 0 fully saturated rings. The molecule has 1 heterocycles. The van der Waals surface area contributed by atoms with E-state index < -0.39 is 10.0 Å². The Labute approximate surface area is 127 Å². The first-order valence-electron chi connectivity index (χ1n) is 5.82. The Morgan fingerprint density at radius 3 is 2.75 bits per heavy atom. The van der Waals surface area contributed by atoms with E-state index in [0.29, 0.717) is 12.4 Å². The third-order valence-corrected chi connectivity index (χ3v) is 6.32. The van der Waals surface area contributed by atoms with Crippen molar-refractivity contribution in [2.24, 2.45) is 5.14 Å². The van der Waals surface area contributed by atoms with Crippen LogP contribution in [0.25, 0.3) is 0 Å². The topological polar surface area (TPSA) is 87.8 Å². The van der Waals surface area contributed by atoms with Crippen LogP contribution in [0.5, 0.6) is 0 Å². The molecule has 9 heteroatoms. The average molecular weight is 341 g/mol. The molecule has 0 aliphatic carbocycles. The van der Waals surface area contributed by atoms with Gasteiger partial charge >= 0.3 is 0 Å². The van der Waals surface area contributed by atoms with Crippen LogP contribution in [-0.2, 0) is 24.2 Å². The number of methoxy groups -OCH3 is 1. The molecule has 0 saturated heterocycles. The Morgan fingerprint density at radius 2 is 2.20 bits per heavy atom. The molecule has 0 bridgehead atoms. The molecule has 1 aromatic heterocycles. The second-order valence-corrected chi connectivity index (χ2v) is 8.13. The number of sulfonamides is 1. The summed E-state index contributed by atoms with van der Waals surface area (Å²) in [7, 11) is -2.06. The lowest BCUT2D eigenvalue weighted by atomic mass is 10.4. The van der Waals surface area contributed by atoms with Crippen LogP contribution >= 0.6 is 23.1 Å². The summed E-state index contributed by atoms with van der Waals surface area (Å²) in [5, 5.41) is 5.10. The van der Waals surface area contributed by atoms with Crippen molar-refractivity contribution in [3.05, 3.63) is 11.6 Å². The van der Waals surface area contributed by atoms with Crippen molar-refractivity contribution in [3.63, 3.8) is 0 Å². The predicted molar refractivity (Wildman–Crippen MR) is 79.5 cm³/mol. The minimum Gasteiger partial charge on any atom is -0.356 e. The third kappa shape index (κ3) is 6.08. The lowest BCUT2D eigenvalue weighted by Crippen LogP contribution is -2.13. The molecule has 20 heavy (non-hydrogen) atoms. The molecular formula is C11H19NO5S3. The normalized spacial score (nSPS) is 13.6. The van der Waals surface area contributed by atoms with Crippen molar-refractivity contribution in [1.29, 1.82) is 0 Å². The van der Waals surface area contributed by atoms with E-state index in [1.807, 2.05) is 6.92 Å².